The Morgan fingerprint density at radius 3 is 2.50 bits per heavy atom. The van der Waals surface area contributed by atoms with Crippen molar-refractivity contribution in [2.24, 2.45) is 5.92 Å². The average molecular weight is 165 g/mol. The molecule has 0 bridgehead atoms. The molecule has 0 saturated carbocycles. The van der Waals surface area contributed by atoms with Gasteiger partial charge in [-0.2, -0.15) is 5.26 Å². The van der Waals surface area contributed by atoms with Crippen LogP contribution in [0.5, 0.6) is 0 Å². The maximum Gasteiger partial charge on any atom is 0.0697 e. The highest BCUT2D eigenvalue weighted by Gasteiger charge is 1.99. The van der Waals surface area contributed by atoms with Gasteiger partial charge in [0.25, 0.3) is 0 Å². The fourth-order valence-corrected chi connectivity index (χ4v) is 1.20. The van der Waals surface area contributed by atoms with Crippen LogP contribution in [0.4, 0.5) is 0 Å². The molecule has 0 aromatic rings. The number of rotatable bonds is 7. The number of nitrogens with zero attached hydrogens (tertiary/aromatic N) is 1. The van der Waals surface area contributed by atoms with Crippen LogP contribution in [0, 0.1) is 17.2 Å². The third-order valence-electron chi connectivity index (χ3n) is 2.07. The summed E-state index contributed by atoms with van der Waals surface area (Å²) < 4.78 is 0. The lowest BCUT2D eigenvalue weighted by Gasteiger charge is -2.01. The van der Waals surface area contributed by atoms with E-state index in [1.165, 1.54) is 32.1 Å². The van der Waals surface area contributed by atoms with E-state index >= 15 is 0 Å². The molecule has 1 nitrogen and oxygen atoms in total. The lowest BCUT2D eigenvalue weighted by Crippen LogP contribution is -1.91. The number of nitriles is 1. The van der Waals surface area contributed by atoms with Crippen LogP contribution >= 0.6 is 0 Å². The van der Waals surface area contributed by atoms with Crippen LogP contribution in [0.15, 0.2) is 12.7 Å². The van der Waals surface area contributed by atoms with Crippen molar-refractivity contribution in [1.29, 1.82) is 5.26 Å². The molecule has 0 aromatic heterocycles. The van der Waals surface area contributed by atoms with Crippen LogP contribution in [0.1, 0.15) is 45.4 Å². The second kappa shape index (κ2) is 8.33. The minimum atomic E-state index is 0.0756. The lowest BCUT2D eigenvalue weighted by atomic mass is 10.0. The molecular formula is C11H19N. The standard InChI is InChI=1S/C11H19N/c1-3-5-6-7-8-9-11(4-2)10-12/h4,11H,2-3,5-9H2,1H3. The van der Waals surface area contributed by atoms with Gasteiger partial charge in [0.15, 0.2) is 0 Å². The molecule has 0 aliphatic carbocycles. The molecular weight excluding hydrogens is 146 g/mol. The molecule has 0 spiro atoms. The molecule has 0 radical (unpaired) electrons. The molecule has 0 rings (SSSR count). The van der Waals surface area contributed by atoms with Gasteiger partial charge in [0, 0.05) is 0 Å². The van der Waals surface area contributed by atoms with Crippen LogP contribution < -0.4 is 0 Å². The van der Waals surface area contributed by atoms with Gasteiger partial charge in [-0.05, 0) is 6.42 Å². The van der Waals surface area contributed by atoms with Crippen molar-refractivity contribution in [3.8, 4) is 6.07 Å². The Labute approximate surface area is 76.1 Å². The summed E-state index contributed by atoms with van der Waals surface area (Å²) >= 11 is 0. The summed E-state index contributed by atoms with van der Waals surface area (Å²) in [4.78, 5) is 0. The van der Waals surface area contributed by atoms with Crippen LogP contribution in [0.2, 0.25) is 0 Å². The fourth-order valence-electron chi connectivity index (χ4n) is 1.20. The second-order valence-corrected chi connectivity index (χ2v) is 3.17. The Kier molecular flexibility index (Phi) is 7.79. The molecule has 1 unspecified atom stereocenters. The topological polar surface area (TPSA) is 23.8 Å². The van der Waals surface area contributed by atoms with Gasteiger partial charge in [0.2, 0.25) is 0 Å². The smallest absolute Gasteiger partial charge is 0.0697 e. The third kappa shape index (κ3) is 5.97. The molecule has 1 heteroatoms. The first-order chi connectivity index (χ1) is 5.85. The molecule has 0 amide bonds. The quantitative estimate of drug-likeness (QED) is 0.417. The summed E-state index contributed by atoms with van der Waals surface area (Å²) in [6, 6.07) is 2.22. The van der Waals surface area contributed by atoms with Crippen molar-refractivity contribution in [3.63, 3.8) is 0 Å². The van der Waals surface area contributed by atoms with Crippen molar-refractivity contribution in [2.75, 3.05) is 0 Å². The normalized spacial score (nSPS) is 12.0. The highest BCUT2D eigenvalue weighted by Crippen LogP contribution is 2.11. The van der Waals surface area contributed by atoms with Crippen molar-refractivity contribution in [2.45, 2.75) is 45.4 Å². The van der Waals surface area contributed by atoms with E-state index in [0.717, 1.165) is 6.42 Å². The van der Waals surface area contributed by atoms with Gasteiger partial charge >= 0.3 is 0 Å². The first-order valence-electron chi connectivity index (χ1n) is 4.87. The van der Waals surface area contributed by atoms with Gasteiger partial charge in [-0.1, -0.05) is 45.1 Å². The van der Waals surface area contributed by atoms with Crippen molar-refractivity contribution in [3.05, 3.63) is 12.7 Å². The maximum atomic E-state index is 8.61. The average Bonchev–Trinajstić information content (AvgIpc) is 2.11. The van der Waals surface area contributed by atoms with Crippen molar-refractivity contribution < 1.29 is 0 Å². The highest BCUT2D eigenvalue weighted by atomic mass is 14.3. The first kappa shape index (κ1) is 11.2. The van der Waals surface area contributed by atoms with Crippen molar-refractivity contribution in [1.82, 2.24) is 0 Å². The summed E-state index contributed by atoms with van der Waals surface area (Å²) in [5.74, 6) is 0.0756. The van der Waals surface area contributed by atoms with E-state index in [9.17, 15) is 0 Å². The molecule has 0 aromatic carbocycles. The molecule has 68 valence electrons. The molecule has 0 aliphatic heterocycles. The Bertz CT molecular complexity index is 144. The number of hydrogen-bond acceptors (Lipinski definition) is 1. The van der Waals surface area contributed by atoms with Crippen LogP contribution in [0.3, 0.4) is 0 Å². The Morgan fingerprint density at radius 2 is 2.00 bits per heavy atom. The van der Waals surface area contributed by atoms with Gasteiger partial charge < -0.3 is 0 Å². The fraction of sp³-hybridized carbons (Fsp3) is 0.727. The molecule has 0 N–H and O–H groups in total. The number of allylic oxidation sites excluding steroid dienone is 1. The molecule has 0 fully saturated rings. The van der Waals surface area contributed by atoms with E-state index in [4.69, 9.17) is 5.26 Å². The van der Waals surface area contributed by atoms with E-state index in [2.05, 4.69) is 19.6 Å². The van der Waals surface area contributed by atoms with E-state index in [1.54, 1.807) is 6.08 Å². The van der Waals surface area contributed by atoms with E-state index in [1.807, 2.05) is 0 Å². The van der Waals surface area contributed by atoms with Gasteiger partial charge in [0.05, 0.1) is 12.0 Å². The zero-order valence-corrected chi connectivity index (χ0v) is 8.05. The summed E-state index contributed by atoms with van der Waals surface area (Å²) in [6.07, 6.45) is 9.09. The second-order valence-electron chi connectivity index (χ2n) is 3.17. The van der Waals surface area contributed by atoms with Crippen LogP contribution in [0.25, 0.3) is 0 Å². The molecule has 0 heterocycles. The van der Waals surface area contributed by atoms with Gasteiger partial charge in [-0.25, -0.2) is 0 Å². The first-order valence-corrected chi connectivity index (χ1v) is 4.87. The summed E-state index contributed by atoms with van der Waals surface area (Å²) in [7, 11) is 0. The Hall–Kier alpha value is -0.770. The number of hydrogen-bond donors (Lipinski definition) is 0. The van der Waals surface area contributed by atoms with Crippen LogP contribution in [-0.4, -0.2) is 0 Å². The summed E-state index contributed by atoms with van der Waals surface area (Å²) in [5, 5.41) is 8.61. The molecule has 0 saturated heterocycles. The predicted octanol–water partition coefficient (Wildman–Crippen LogP) is 3.67. The lowest BCUT2D eigenvalue weighted by molar-refractivity contribution is 0.579. The zero-order chi connectivity index (χ0) is 9.23. The largest absolute Gasteiger partial charge is 0.198 e. The summed E-state index contributed by atoms with van der Waals surface area (Å²) in [5.41, 5.74) is 0. The van der Waals surface area contributed by atoms with Gasteiger partial charge in [-0.3, -0.25) is 0 Å². The van der Waals surface area contributed by atoms with Gasteiger partial charge in [-0.15, -0.1) is 6.58 Å². The van der Waals surface area contributed by atoms with Gasteiger partial charge in [0.1, 0.15) is 0 Å². The van der Waals surface area contributed by atoms with E-state index in [-0.39, 0.29) is 5.92 Å². The molecule has 12 heavy (non-hydrogen) atoms. The number of unbranched alkanes of at least 4 members (excludes halogenated alkanes) is 4. The minimum absolute atomic E-state index is 0.0756. The monoisotopic (exact) mass is 165 g/mol. The summed E-state index contributed by atoms with van der Waals surface area (Å²) in [6.45, 7) is 5.83. The highest BCUT2D eigenvalue weighted by molar-refractivity contribution is 4.94. The SMILES string of the molecule is C=CC(C#N)CCCCCCC. The zero-order valence-electron chi connectivity index (χ0n) is 8.05. The Balaban J connectivity index is 3.19. The maximum absolute atomic E-state index is 8.61. The van der Waals surface area contributed by atoms with Crippen molar-refractivity contribution >= 4 is 0 Å². The predicted molar refractivity (Wildman–Crippen MR) is 52.7 cm³/mol. The minimum Gasteiger partial charge on any atom is -0.198 e. The van der Waals surface area contributed by atoms with E-state index < -0.39 is 0 Å². The van der Waals surface area contributed by atoms with E-state index in [0.29, 0.717) is 0 Å². The van der Waals surface area contributed by atoms with Crippen LogP contribution in [-0.2, 0) is 0 Å². The molecule has 0 aliphatic rings. The molecule has 1 atom stereocenters. The third-order valence-corrected chi connectivity index (χ3v) is 2.07. The Morgan fingerprint density at radius 1 is 1.33 bits per heavy atom.